The zero-order chi connectivity index (χ0) is 11.5. The lowest BCUT2D eigenvalue weighted by atomic mass is 10.2. The molecule has 0 unspecified atom stereocenters. The summed E-state index contributed by atoms with van der Waals surface area (Å²) < 4.78 is 27.2. The van der Waals surface area contributed by atoms with E-state index in [9.17, 15) is 8.78 Å². The summed E-state index contributed by atoms with van der Waals surface area (Å²) in [5.41, 5.74) is 6.06. The van der Waals surface area contributed by atoms with Crippen LogP contribution in [-0.2, 0) is 13.1 Å². The molecule has 0 aliphatic rings. The van der Waals surface area contributed by atoms with Crippen molar-refractivity contribution in [1.82, 2.24) is 14.8 Å². The molecule has 1 heterocycles. The third kappa shape index (κ3) is 2.06. The summed E-state index contributed by atoms with van der Waals surface area (Å²) in [6, 6.07) is 3.72. The molecule has 0 spiro atoms. The van der Waals surface area contributed by atoms with E-state index in [0.717, 1.165) is 12.1 Å². The van der Waals surface area contributed by atoms with Crippen molar-refractivity contribution in [3.8, 4) is 0 Å². The van der Waals surface area contributed by atoms with Crippen molar-refractivity contribution in [3.05, 3.63) is 47.5 Å². The van der Waals surface area contributed by atoms with Crippen LogP contribution in [-0.4, -0.2) is 14.8 Å². The van der Waals surface area contributed by atoms with Gasteiger partial charge in [-0.2, -0.15) is 5.10 Å². The largest absolute Gasteiger partial charge is 0.324 e. The highest BCUT2D eigenvalue weighted by Gasteiger charge is 2.06. The molecule has 2 aromatic rings. The highest BCUT2D eigenvalue weighted by atomic mass is 19.2. The van der Waals surface area contributed by atoms with E-state index in [1.807, 2.05) is 0 Å². The van der Waals surface area contributed by atoms with Crippen molar-refractivity contribution in [2.75, 3.05) is 0 Å². The van der Waals surface area contributed by atoms with Gasteiger partial charge in [0, 0.05) is 0 Å². The van der Waals surface area contributed by atoms with E-state index < -0.39 is 11.6 Å². The highest BCUT2D eigenvalue weighted by molar-refractivity contribution is 5.18. The first kappa shape index (κ1) is 10.7. The molecule has 0 atom stereocenters. The average Bonchev–Trinajstić information content (AvgIpc) is 2.71. The monoisotopic (exact) mass is 224 g/mol. The molecule has 2 N–H and O–H groups in total. The zero-order valence-corrected chi connectivity index (χ0v) is 8.40. The fourth-order valence-corrected chi connectivity index (χ4v) is 1.39. The van der Waals surface area contributed by atoms with E-state index in [2.05, 4.69) is 10.1 Å². The Morgan fingerprint density at radius 3 is 2.75 bits per heavy atom. The maximum atomic E-state index is 12.9. The topological polar surface area (TPSA) is 56.7 Å². The smallest absolute Gasteiger partial charge is 0.159 e. The van der Waals surface area contributed by atoms with Crippen molar-refractivity contribution in [3.63, 3.8) is 0 Å². The quantitative estimate of drug-likeness (QED) is 0.848. The minimum Gasteiger partial charge on any atom is -0.324 e. The zero-order valence-electron chi connectivity index (χ0n) is 8.40. The first-order chi connectivity index (χ1) is 7.70. The average molecular weight is 224 g/mol. The van der Waals surface area contributed by atoms with Gasteiger partial charge in [0.1, 0.15) is 12.2 Å². The minimum absolute atomic E-state index is 0.254. The lowest BCUT2D eigenvalue weighted by Crippen LogP contribution is -2.11. The Kier molecular flexibility index (Phi) is 2.91. The predicted molar refractivity (Wildman–Crippen MR) is 53.4 cm³/mol. The second kappa shape index (κ2) is 4.36. The molecule has 6 heteroatoms. The van der Waals surface area contributed by atoms with Crippen molar-refractivity contribution >= 4 is 0 Å². The van der Waals surface area contributed by atoms with Crippen LogP contribution in [0.1, 0.15) is 11.4 Å². The Morgan fingerprint density at radius 2 is 2.06 bits per heavy atom. The van der Waals surface area contributed by atoms with Crippen LogP contribution in [0.4, 0.5) is 8.78 Å². The molecule has 0 aliphatic heterocycles. The lowest BCUT2D eigenvalue weighted by molar-refractivity contribution is 0.505. The molecule has 2 rings (SSSR count). The molecular weight excluding hydrogens is 214 g/mol. The second-order valence-electron chi connectivity index (χ2n) is 3.29. The van der Waals surface area contributed by atoms with Crippen LogP contribution in [0.5, 0.6) is 0 Å². The highest BCUT2D eigenvalue weighted by Crippen LogP contribution is 2.10. The molecule has 1 aromatic carbocycles. The van der Waals surface area contributed by atoms with Crippen LogP contribution < -0.4 is 5.73 Å². The predicted octanol–water partition coefficient (Wildman–Crippen LogP) is 1.06. The van der Waals surface area contributed by atoms with Crippen LogP contribution in [0.3, 0.4) is 0 Å². The summed E-state index contributed by atoms with van der Waals surface area (Å²) in [4.78, 5) is 3.93. The van der Waals surface area contributed by atoms with Crippen LogP contribution in [0, 0.1) is 11.6 Å². The molecule has 0 saturated carbocycles. The third-order valence-electron chi connectivity index (χ3n) is 2.19. The summed E-state index contributed by atoms with van der Waals surface area (Å²) in [7, 11) is 0. The maximum Gasteiger partial charge on any atom is 0.159 e. The summed E-state index contributed by atoms with van der Waals surface area (Å²) in [5, 5.41) is 3.94. The second-order valence-corrected chi connectivity index (χ2v) is 3.29. The van der Waals surface area contributed by atoms with Gasteiger partial charge in [-0.15, -0.1) is 0 Å². The molecule has 4 nitrogen and oxygen atoms in total. The summed E-state index contributed by atoms with van der Waals surface area (Å²) in [6.07, 6.45) is 1.38. The van der Waals surface area contributed by atoms with E-state index in [0.29, 0.717) is 17.9 Å². The number of hydrogen-bond donors (Lipinski definition) is 1. The molecular formula is C10H10F2N4. The van der Waals surface area contributed by atoms with Gasteiger partial charge in [0.25, 0.3) is 0 Å². The molecule has 0 aliphatic carbocycles. The summed E-state index contributed by atoms with van der Waals surface area (Å²) in [6.45, 7) is 0.577. The number of halogens is 2. The van der Waals surface area contributed by atoms with E-state index in [1.54, 1.807) is 4.68 Å². The number of rotatable bonds is 3. The third-order valence-corrected chi connectivity index (χ3v) is 2.19. The van der Waals surface area contributed by atoms with E-state index in [-0.39, 0.29) is 6.54 Å². The van der Waals surface area contributed by atoms with Crippen LogP contribution in [0.15, 0.2) is 24.5 Å². The minimum atomic E-state index is -0.869. The van der Waals surface area contributed by atoms with E-state index in [1.165, 1.54) is 12.4 Å². The fourth-order valence-electron chi connectivity index (χ4n) is 1.39. The van der Waals surface area contributed by atoms with Crippen molar-refractivity contribution in [1.29, 1.82) is 0 Å². The number of aromatic nitrogens is 3. The molecule has 0 radical (unpaired) electrons. The fraction of sp³-hybridized carbons (Fsp3) is 0.200. The van der Waals surface area contributed by atoms with Gasteiger partial charge >= 0.3 is 0 Å². The van der Waals surface area contributed by atoms with Gasteiger partial charge < -0.3 is 5.73 Å². The standard InChI is InChI=1S/C10H10F2N4/c11-8-2-1-7(3-9(8)12)5-16-10(4-13)14-6-15-16/h1-3,6H,4-5,13H2. The first-order valence-corrected chi connectivity index (χ1v) is 4.71. The van der Waals surface area contributed by atoms with Gasteiger partial charge in [-0.05, 0) is 17.7 Å². The van der Waals surface area contributed by atoms with E-state index in [4.69, 9.17) is 5.73 Å². The van der Waals surface area contributed by atoms with Crippen molar-refractivity contribution < 1.29 is 8.78 Å². The van der Waals surface area contributed by atoms with Gasteiger partial charge in [0.2, 0.25) is 0 Å². The van der Waals surface area contributed by atoms with E-state index >= 15 is 0 Å². The number of nitrogens with two attached hydrogens (primary N) is 1. The Hall–Kier alpha value is -1.82. The molecule has 0 fully saturated rings. The number of hydrogen-bond acceptors (Lipinski definition) is 3. The maximum absolute atomic E-state index is 12.9. The van der Waals surface area contributed by atoms with Gasteiger partial charge in [-0.1, -0.05) is 6.07 Å². The van der Waals surface area contributed by atoms with Gasteiger partial charge in [0.05, 0.1) is 13.1 Å². The van der Waals surface area contributed by atoms with Gasteiger partial charge in [-0.25, -0.2) is 18.4 Å². The lowest BCUT2D eigenvalue weighted by Gasteiger charge is -2.04. The Labute approximate surface area is 90.7 Å². The number of nitrogens with zero attached hydrogens (tertiary/aromatic N) is 3. The molecule has 0 bridgehead atoms. The van der Waals surface area contributed by atoms with Crippen molar-refractivity contribution in [2.24, 2.45) is 5.73 Å². The van der Waals surface area contributed by atoms with Gasteiger partial charge in [0.15, 0.2) is 11.6 Å². The van der Waals surface area contributed by atoms with Crippen LogP contribution in [0.2, 0.25) is 0 Å². The molecule has 0 amide bonds. The van der Waals surface area contributed by atoms with Gasteiger partial charge in [-0.3, -0.25) is 0 Å². The number of benzene rings is 1. The van der Waals surface area contributed by atoms with Crippen LogP contribution in [0.25, 0.3) is 0 Å². The van der Waals surface area contributed by atoms with Crippen LogP contribution >= 0.6 is 0 Å². The molecule has 16 heavy (non-hydrogen) atoms. The molecule has 84 valence electrons. The Bertz CT molecular complexity index is 495. The SMILES string of the molecule is NCc1ncnn1Cc1ccc(F)c(F)c1. The molecule has 0 saturated heterocycles. The Balaban J connectivity index is 2.24. The summed E-state index contributed by atoms with van der Waals surface area (Å²) in [5.74, 6) is -1.13. The first-order valence-electron chi connectivity index (χ1n) is 4.71. The van der Waals surface area contributed by atoms with Crippen molar-refractivity contribution in [2.45, 2.75) is 13.1 Å². The summed E-state index contributed by atoms with van der Waals surface area (Å²) >= 11 is 0. The normalized spacial score (nSPS) is 10.7. The molecule has 1 aromatic heterocycles. The Morgan fingerprint density at radius 1 is 1.25 bits per heavy atom.